The Bertz CT molecular complexity index is 155. The molecule has 0 unspecified atom stereocenters. The standard InChI is InChI=1S/C11H21NO2/c1-12(7-3-2-4-8-13)11-5-9-14-10-6-11/h8,11H,2-7,9-10H2,1H3. The minimum absolute atomic E-state index is 0.694. The number of ether oxygens (including phenoxy) is 1. The van der Waals surface area contributed by atoms with Crippen molar-refractivity contribution >= 4 is 6.29 Å². The molecule has 1 rings (SSSR count). The molecule has 0 N–H and O–H groups in total. The van der Waals surface area contributed by atoms with Gasteiger partial charge in [-0.2, -0.15) is 0 Å². The van der Waals surface area contributed by atoms with Crippen molar-refractivity contribution in [2.24, 2.45) is 0 Å². The van der Waals surface area contributed by atoms with E-state index in [4.69, 9.17) is 4.74 Å². The van der Waals surface area contributed by atoms with Gasteiger partial charge >= 0.3 is 0 Å². The van der Waals surface area contributed by atoms with Crippen LogP contribution in [0.4, 0.5) is 0 Å². The largest absolute Gasteiger partial charge is 0.381 e. The third-order valence-electron chi connectivity index (χ3n) is 2.90. The highest BCUT2D eigenvalue weighted by atomic mass is 16.5. The average Bonchev–Trinajstić information content (AvgIpc) is 2.25. The molecule has 1 aliphatic heterocycles. The zero-order valence-electron chi connectivity index (χ0n) is 9.08. The summed E-state index contributed by atoms with van der Waals surface area (Å²) < 4.78 is 5.32. The molecule has 0 aromatic rings. The zero-order valence-corrected chi connectivity index (χ0v) is 9.08. The molecular formula is C11H21NO2. The second kappa shape index (κ2) is 6.96. The predicted octanol–water partition coefficient (Wildman–Crippen LogP) is 1.47. The average molecular weight is 199 g/mol. The van der Waals surface area contributed by atoms with Crippen LogP contribution >= 0.6 is 0 Å². The minimum Gasteiger partial charge on any atom is -0.381 e. The first-order valence-electron chi connectivity index (χ1n) is 5.56. The molecule has 0 aromatic carbocycles. The summed E-state index contributed by atoms with van der Waals surface area (Å²) in [5.41, 5.74) is 0. The maximum absolute atomic E-state index is 10.1. The van der Waals surface area contributed by atoms with Crippen molar-refractivity contribution < 1.29 is 9.53 Å². The fraction of sp³-hybridized carbons (Fsp3) is 0.909. The van der Waals surface area contributed by atoms with Gasteiger partial charge in [0.15, 0.2) is 0 Å². The number of carbonyl (C=O) groups excluding carboxylic acids is 1. The highest BCUT2D eigenvalue weighted by Crippen LogP contribution is 2.13. The number of rotatable bonds is 6. The van der Waals surface area contributed by atoms with E-state index in [1.807, 2.05) is 0 Å². The van der Waals surface area contributed by atoms with E-state index in [-0.39, 0.29) is 0 Å². The smallest absolute Gasteiger partial charge is 0.119 e. The van der Waals surface area contributed by atoms with Crippen molar-refractivity contribution in [1.29, 1.82) is 0 Å². The molecule has 1 saturated heterocycles. The molecule has 1 aliphatic rings. The van der Waals surface area contributed by atoms with Crippen LogP contribution in [0.15, 0.2) is 0 Å². The van der Waals surface area contributed by atoms with Crippen molar-refractivity contribution in [1.82, 2.24) is 4.90 Å². The lowest BCUT2D eigenvalue weighted by atomic mass is 10.1. The molecule has 0 radical (unpaired) electrons. The van der Waals surface area contributed by atoms with Gasteiger partial charge in [0.1, 0.15) is 6.29 Å². The van der Waals surface area contributed by atoms with E-state index in [1.165, 1.54) is 0 Å². The van der Waals surface area contributed by atoms with Gasteiger partial charge in [-0.1, -0.05) is 0 Å². The van der Waals surface area contributed by atoms with Crippen LogP contribution in [-0.2, 0) is 9.53 Å². The molecule has 1 fully saturated rings. The van der Waals surface area contributed by atoms with E-state index in [0.29, 0.717) is 12.5 Å². The molecule has 0 bridgehead atoms. The molecule has 3 nitrogen and oxygen atoms in total. The van der Waals surface area contributed by atoms with Crippen molar-refractivity contribution in [2.45, 2.75) is 38.1 Å². The maximum atomic E-state index is 10.1. The van der Waals surface area contributed by atoms with Gasteiger partial charge < -0.3 is 14.4 Å². The lowest BCUT2D eigenvalue weighted by molar-refractivity contribution is -0.107. The summed E-state index contributed by atoms with van der Waals surface area (Å²) in [6, 6.07) is 0.694. The van der Waals surface area contributed by atoms with Gasteiger partial charge in [-0.25, -0.2) is 0 Å². The molecule has 0 aromatic heterocycles. The van der Waals surface area contributed by atoms with Crippen LogP contribution in [0, 0.1) is 0 Å². The van der Waals surface area contributed by atoms with Crippen LogP contribution in [0.5, 0.6) is 0 Å². The number of unbranched alkanes of at least 4 members (excludes halogenated alkanes) is 2. The SMILES string of the molecule is CN(CCCCC=O)C1CCOCC1. The van der Waals surface area contributed by atoms with E-state index >= 15 is 0 Å². The van der Waals surface area contributed by atoms with Gasteiger partial charge in [0.05, 0.1) is 0 Å². The first-order chi connectivity index (χ1) is 6.84. The summed E-state index contributed by atoms with van der Waals surface area (Å²) in [6.07, 6.45) is 6.19. The first-order valence-corrected chi connectivity index (χ1v) is 5.56. The topological polar surface area (TPSA) is 29.5 Å². The molecule has 0 atom stereocenters. The van der Waals surface area contributed by atoms with Crippen molar-refractivity contribution in [3.05, 3.63) is 0 Å². The van der Waals surface area contributed by atoms with Gasteiger partial charge in [0.25, 0.3) is 0 Å². The Morgan fingerprint density at radius 3 is 2.71 bits per heavy atom. The second-order valence-electron chi connectivity index (χ2n) is 3.99. The maximum Gasteiger partial charge on any atom is 0.119 e. The van der Waals surface area contributed by atoms with Gasteiger partial charge in [0.2, 0.25) is 0 Å². The Hall–Kier alpha value is -0.410. The Labute approximate surface area is 86.4 Å². The van der Waals surface area contributed by atoms with Gasteiger partial charge in [0, 0.05) is 25.7 Å². The molecule has 82 valence electrons. The van der Waals surface area contributed by atoms with E-state index < -0.39 is 0 Å². The van der Waals surface area contributed by atoms with Crippen LogP contribution in [0.3, 0.4) is 0 Å². The molecule has 0 saturated carbocycles. The lowest BCUT2D eigenvalue weighted by Gasteiger charge is -2.31. The highest BCUT2D eigenvalue weighted by Gasteiger charge is 2.17. The second-order valence-corrected chi connectivity index (χ2v) is 3.99. The summed E-state index contributed by atoms with van der Waals surface area (Å²) in [5.74, 6) is 0. The van der Waals surface area contributed by atoms with Crippen molar-refractivity contribution in [3.63, 3.8) is 0 Å². The van der Waals surface area contributed by atoms with E-state index in [2.05, 4.69) is 11.9 Å². The summed E-state index contributed by atoms with van der Waals surface area (Å²) in [6.45, 7) is 2.92. The summed E-state index contributed by atoms with van der Waals surface area (Å²) >= 11 is 0. The lowest BCUT2D eigenvalue weighted by Crippen LogP contribution is -2.37. The number of aldehydes is 1. The van der Waals surface area contributed by atoms with Crippen LogP contribution < -0.4 is 0 Å². The van der Waals surface area contributed by atoms with Crippen LogP contribution in [0.25, 0.3) is 0 Å². The zero-order chi connectivity index (χ0) is 10.2. The van der Waals surface area contributed by atoms with Crippen molar-refractivity contribution in [3.8, 4) is 0 Å². The monoisotopic (exact) mass is 199 g/mol. The van der Waals surface area contributed by atoms with E-state index in [0.717, 1.165) is 51.7 Å². The Kier molecular flexibility index (Phi) is 5.80. The highest BCUT2D eigenvalue weighted by molar-refractivity contribution is 5.48. The predicted molar refractivity (Wildman–Crippen MR) is 56.4 cm³/mol. The molecule has 3 heteroatoms. The normalized spacial score (nSPS) is 18.7. The molecule has 0 amide bonds. The number of hydrogen-bond acceptors (Lipinski definition) is 3. The molecule has 0 spiro atoms. The fourth-order valence-electron chi connectivity index (χ4n) is 1.90. The van der Waals surface area contributed by atoms with Crippen molar-refractivity contribution in [2.75, 3.05) is 26.8 Å². The van der Waals surface area contributed by atoms with E-state index in [1.54, 1.807) is 0 Å². The van der Waals surface area contributed by atoms with Gasteiger partial charge in [-0.15, -0.1) is 0 Å². The number of hydrogen-bond donors (Lipinski definition) is 0. The first kappa shape index (κ1) is 11.7. The summed E-state index contributed by atoms with van der Waals surface area (Å²) in [5, 5.41) is 0. The summed E-state index contributed by atoms with van der Waals surface area (Å²) in [4.78, 5) is 12.5. The minimum atomic E-state index is 0.694. The molecular weight excluding hydrogens is 178 g/mol. The van der Waals surface area contributed by atoms with Crippen LogP contribution in [-0.4, -0.2) is 44.0 Å². The molecule has 14 heavy (non-hydrogen) atoms. The molecule has 0 aliphatic carbocycles. The van der Waals surface area contributed by atoms with Gasteiger partial charge in [-0.3, -0.25) is 0 Å². The number of carbonyl (C=O) groups is 1. The fourth-order valence-corrected chi connectivity index (χ4v) is 1.90. The van der Waals surface area contributed by atoms with Gasteiger partial charge in [-0.05, 0) is 39.3 Å². The third-order valence-corrected chi connectivity index (χ3v) is 2.90. The molecule has 1 heterocycles. The van der Waals surface area contributed by atoms with E-state index in [9.17, 15) is 4.79 Å². The Balaban J connectivity index is 2.06. The summed E-state index contributed by atoms with van der Waals surface area (Å²) in [7, 11) is 2.18. The van der Waals surface area contributed by atoms with Crippen LogP contribution in [0.2, 0.25) is 0 Å². The Morgan fingerprint density at radius 1 is 1.36 bits per heavy atom. The Morgan fingerprint density at radius 2 is 2.07 bits per heavy atom. The third kappa shape index (κ3) is 4.20. The quantitative estimate of drug-likeness (QED) is 0.479. The number of nitrogens with zero attached hydrogens (tertiary/aromatic N) is 1. The van der Waals surface area contributed by atoms with Crippen LogP contribution in [0.1, 0.15) is 32.1 Å².